The molecule has 2 aromatic heterocycles. The molecule has 0 aliphatic rings. The average molecular weight is 390 g/mol. The number of pyridine rings is 1. The Morgan fingerprint density at radius 1 is 1.22 bits per heavy atom. The second-order valence-electron chi connectivity index (χ2n) is 6.55. The first-order chi connectivity index (χ1) is 13.0. The van der Waals surface area contributed by atoms with Crippen molar-refractivity contribution in [2.45, 2.75) is 53.5 Å². The first kappa shape index (κ1) is 21.2. The highest BCUT2D eigenvalue weighted by Crippen LogP contribution is 2.16. The van der Waals surface area contributed by atoms with Gasteiger partial charge in [0.1, 0.15) is 0 Å². The molecule has 2 heterocycles. The van der Waals surface area contributed by atoms with Gasteiger partial charge in [0.2, 0.25) is 0 Å². The zero-order valence-corrected chi connectivity index (χ0v) is 17.7. The van der Waals surface area contributed by atoms with E-state index in [0.717, 1.165) is 67.8 Å². The number of hydrogen-bond acceptors (Lipinski definition) is 4. The number of aryl methyl sites for hydroxylation is 3. The molecule has 0 unspecified atom stereocenters. The Balaban J connectivity index is 1.75. The predicted molar refractivity (Wildman–Crippen MR) is 114 cm³/mol. The molecule has 0 aromatic carbocycles. The van der Waals surface area contributed by atoms with Crippen LogP contribution < -0.4 is 16.2 Å². The van der Waals surface area contributed by atoms with Crippen LogP contribution in [-0.4, -0.2) is 35.1 Å². The summed E-state index contributed by atoms with van der Waals surface area (Å²) in [4.78, 5) is 22.4. The van der Waals surface area contributed by atoms with Crippen molar-refractivity contribution in [2.75, 3.05) is 19.6 Å². The summed E-state index contributed by atoms with van der Waals surface area (Å²) in [5.41, 5.74) is 2.21. The maximum absolute atomic E-state index is 11.9. The van der Waals surface area contributed by atoms with Gasteiger partial charge in [-0.2, -0.15) is 0 Å². The van der Waals surface area contributed by atoms with E-state index < -0.39 is 0 Å². The first-order valence-corrected chi connectivity index (χ1v) is 10.4. The van der Waals surface area contributed by atoms with E-state index in [1.807, 2.05) is 17.6 Å². The molecule has 0 saturated heterocycles. The Labute approximate surface area is 165 Å². The van der Waals surface area contributed by atoms with Crippen molar-refractivity contribution in [3.05, 3.63) is 49.8 Å². The van der Waals surface area contributed by atoms with Crippen molar-refractivity contribution in [1.82, 2.24) is 20.2 Å². The van der Waals surface area contributed by atoms with E-state index in [4.69, 9.17) is 0 Å². The van der Waals surface area contributed by atoms with Gasteiger partial charge in [-0.1, -0.05) is 6.07 Å². The molecule has 0 aliphatic heterocycles. The minimum atomic E-state index is 0.0705. The van der Waals surface area contributed by atoms with Crippen molar-refractivity contribution in [3.8, 4) is 0 Å². The molecule has 6 nitrogen and oxygen atoms in total. The molecule has 0 amide bonds. The molecule has 0 radical (unpaired) electrons. The topological polar surface area (TPSA) is 71.3 Å². The van der Waals surface area contributed by atoms with Crippen LogP contribution in [0.15, 0.2) is 28.0 Å². The Morgan fingerprint density at radius 3 is 2.70 bits per heavy atom. The number of nitrogens with one attached hydrogen (secondary N) is 2. The van der Waals surface area contributed by atoms with Crippen LogP contribution in [0.25, 0.3) is 0 Å². The normalized spacial score (nSPS) is 11.6. The van der Waals surface area contributed by atoms with E-state index in [0.29, 0.717) is 0 Å². The van der Waals surface area contributed by atoms with Gasteiger partial charge < -0.3 is 15.2 Å². The number of thiazole rings is 1. The molecule has 7 heteroatoms. The zero-order chi connectivity index (χ0) is 19.6. The SMILES string of the molecule is CCNC(=NCCCCn1c(C)cccc1=O)NCCc1nc(C)c(C)s1. The summed E-state index contributed by atoms with van der Waals surface area (Å²) in [6, 6.07) is 5.39. The summed E-state index contributed by atoms with van der Waals surface area (Å²) in [7, 11) is 0. The molecule has 2 N–H and O–H groups in total. The fraction of sp³-hybridized carbons (Fsp3) is 0.550. The molecule has 0 fully saturated rings. The fourth-order valence-corrected chi connectivity index (χ4v) is 3.69. The molecule has 2 aromatic rings. The average Bonchev–Trinajstić information content (AvgIpc) is 2.94. The number of nitrogens with zero attached hydrogens (tertiary/aromatic N) is 3. The third-order valence-corrected chi connectivity index (χ3v) is 5.51. The van der Waals surface area contributed by atoms with E-state index in [2.05, 4.69) is 41.4 Å². The lowest BCUT2D eigenvalue weighted by atomic mass is 10.3. The second kappa shape index (κ2) is 10.9. The molecule has 0 aliphatic carbocycles. The van der Waals surface area contributed by atoms with Crippen molar-refractivity contribution in [1.29, 1.82) is 0 Å². The van der Waals surface area contributed by atoms with Crippen molar-refractivity contribution >= 4 is 17.3 Å². The van der Waals surface area contributed by atoms with Gasteiger partial charge in [-0.15, -0.1) is 11.3 Å². The molecule has 0 bridgehead atoms. The molecule has 0 atom stereocenters. The van der Waals surface area contributed by atoms with Gasteiger partial charge in [0.05, 0.1) is 10.7 Å². The number of guanidine groups is 1. The van der Waals surface area contributed by atoms with Crippen LogP contribution in [0, 0.1) is 20.8 Å². The summed E-state index contributed by atoms with van der Waals surface area (Å²) < 4.78 is 1.82. The Morgan fingerprint density at radius 2 is 2.04 bits per heavy atom. The third kappa shape index (κ3) is 6.82. The summed E-state index contributed by atoms with van der Waals surface area (Å²) >= 11 is 1.76. The van der Waals surface area contributed by atoms with E-state index in [1.54, 1.807) is 23.5 Å². The molecule has 2 rings (SSSR count). The second-order valence-corrected chi connectivity index (χ2v) is 7.84. The summed E-state index contributed by atoms with van der Waals surface area (Å²) in [5, 5.41) is 7.82. The van der Waals surface area contributed by atoms with E-state index in [1.165, 1.54) is 4.88 Å². The van der Waals surface area contributed by atoms with Gasteiger partial charge in [-0.3, -0.25) is 9.79 Å². The van der Waals surface area contributed by atoms with E-state index in [9.17, 15) is 4.79 Å². The van der Waals surface area contributed by atoms with Crippen LogP contribution in [0.5, 0.6) is 0 Å². The van der Waals surface area contributed by atoms with Gasteiger partial charge >= 0.3 is 0 Å². The number of aliphatic imine (C=N–C) groups is 1. The van der Waals surface area contributed by atoms with Gasteiger partial charge in [-0.05, 0) is 46.6 Å². The van der Waals surface area contributed by atoms with Crippen LogP contribution in [0.2, 0.25) is 0 Å². The minimum absolute atomic E-state index is 0.0705. The first-order valence-electron chi connectivity index (χ1n) is 9.62. The molecule has 0 saturated carbocycles. The van der Waals surface area contributed by atoms with Crippen LogP contribution >= 0.6 is 11.3 Å². The minimum Gasteiger partial charge on any atom is -0.357 e. The van der Waals surface area contributed by atoms with Crippen molar-refractivity contribution < 1.29 is 0 Å². The van der Waals surface area contributed by atoms with Crippen LogP contribution in [0.4, 0.5) is 0 Å². The van der Waals surface area contributed by atoms with Crippen LogP contribution in [0.3, 0.4) is 0 Å². The van der Waals surface area contributed by atoms with E-state index >= 15 is 0 Å². The zero-order valence-electron chi connectivity index (χ0n) is 16.8. The molecular formula is C20H31N5OS. The highest BCUT2D eigenvalue weighted by atomic mass is 32.1. The monoisotopic (exact) mass is 389 g/mol. The van der Waals surface area contributed by atoms with Gasteiger partial charge in [0, 0.05) is 49.2 Å². The van der Waals surface area contributed by atoms with E-state index in [-0.39, 0.29) is 5.56 Å². The number of aromatic nitrogens is 2. The smallest absolute Gasteiger partial charge is 0.250 e. The van der Waals surface area contributed by atoms with Gasteiger partial charge in [0.15, 0.2) is 5.96 Å². The molecule has 0 spiro atoms. The number of rotatable bonds is 9. The highest BCUT2D eigenvalue weighted by Gasteiger charge is 2.04. The number of unbranched alkanes of at least 4 members (excludes halogenated alkanes) is 1. The standard InChI is InChI=1S/C20H31N5OS/c1-5-21-20(23-13-11-18-24-16(3)17(4)27-18)22-12-6-7-14-25-15(2)9-8-10-19(25)26/h8-10H,5-7,11-14H2,1-4H3,(H2,21,22,23). The molecular weight excluding hydrogens is 358 g/mol. The van der Waals surface area contributed by atoms with Gasteiger partial charge in [-0.25, -0.2) is 4.98 Å². The summed E-state index contributed by atoms with van der Waals surface area (Å²) in [6.45, 7) is 11.3. The largest absolute Gasteiger partial charge is 0.357 e. The lowest BCUT2D eigenvalue weighted by Gasteiger charge is -2.11. The predicted octanol–water partition coefficient (Wildman–Crippen LogP) is 2.81. The van der Waals surface area contributed by atoms with Crippen molar-refractivity contribution in [2.24, 2.45) is 4.99 Å². The summed E-state index contributed by atoms with van der Waals surface area (Å²) in [5.74, 6) is 0.843. The lowest BCUT2D eigenvalue weighted by molar-refractivity contribution is 0.585. The van der Waals surface area contributed by atoms with Crippen LogP contribution in [-0.2, 0) is 13.0 Å². The molecule has 148 valence electrons. The fourth-order valence-electron chi connectivity index (χ4n) is 2.76. The maximum Gasteiger partial charge on any atom is 0.250 e. The van der Waals surface area contributed by atoms with Gasteiger partial charge in [0.25, 0.3) is 5.56 Å². The van der Waals surface area contributed by atoms with Crippen molar-refractivity contribution in [3.63, 3.8) is 0 Å². The number of hydrogen-bond donors (Lipinski definition) is 2. The third-order valence-electron chi connectivity index (χ3n) is 4.38. The summed E-state index contributed by atoms with van der Waals surface area (Å²) in [6.07, 6.45) is 2.79. The Kier molecular flexibility index (Phi) is 8.51. The Bertz CT molecular complexity index is 789. The molecule has 27 heavy (non-hydrogen) atoms. The lowest BCUT2D eigenvalue weighted by Crippen LogP contribution is -2.38. The Hall–Kier alpha value is -2.15. The maximum atomic E-state index is 11.9. The highest BCUT2D eigenvalue weighted by molar-refractivity contribution is 7.11. The van der Waals surface area contributed by atoms with Crippen LogP contribution in [0.1, 0.15) is 41.0 Å². The quantitative estimate of drug-likeness (QED) is 0.393.